The minimum atomic E-state index is -0.770. The van der Waals surface area contributed by atoms with E-state index in [1.165, 1.54) is 12.1 Å². The molecule has 2 aromatic carbocycles. The quantitative estimate of drug-likeness (QED) is 0.137. The average Bonchev–Trinajstić information content (AvgIpc) is 2.77. The summed E-state index contributed by atoms with van der Waals surface area (Å²) in [6.07, 6.45) is 6.16. The minimum Gasteiger partial charge on any atom is -0.425 e. The fourth-order valence-electron chi connectivity index (χ4n) is 3.21. The minimum absolute atomic E-state index is 0.0621. The number of carbonyl (C=O) groups is 4. The van der Waals surface area contributed by atoms with Crippen molar-refractivity contribution in [3.05, 3.63) is 64.7 Å². The largest absolute Gasteiger partial charge is 0.425 e. The number of rotatable bonds is 11. The molecule has 0 spiro atoms. The van der Waals surface area contributed by atoms with Gasteiger partial charge in [-0.25, -0.2) is 0 Å². The summed E-state index contributed by atoms with van der Waals surface area (Å²) < 4.78 is 5.53. The van der Waals surface area contributed by atoms with Crippen molar-refractivity contribution in [2.24, 2.45) is 5.41 Å². The van der Waals surface area contributed by atoms with Crippen LogP contribution in [0.4, 0.5) is 0 Å². The van der Waals surface area contributed by atoms with Crippen LogP contribution in [0.3, 0.4) is 0 Å². The number of carbonyl (C=O) groups excluding carboxylic acids is 4. The Morgan fingerprint density at radius 2 is 1.59 bits per heavy atom. The lowest BCUT2D eigenvalue weighted by Crippen LogP contribution is -2.26. The highest BCUT2D eigenvalue weighted by atomic mass is 16.5. The summed E-state index contributed by atoms with van der Waals surface area (Å²) in [5, 5.41) is 0. The van der Waals surface area contributed by atoms with Crippen LogP contribution in [-0.2, 0) is 4.79 Å². The fourth-order valence-corrected chi connectivity index (χ4v) is 3.21. The highest BCUT2D eigenvalue weighted by Crippen LogP contribution is 2.28. The number of Topliss-reactive ketones (excluding diaryl/α,β-unsaturated/α-hetero) is 1. The van der Waals surface area contributed by atoms with Gasteiger partial charge in [0.15, 0.2) is 17.9 Å². The molecule has 2 aromatic rings. The molecule has 0 amide bonds. The molecule has 32 heavy (non-hydrogen) atoms. The lowest BCUT2D eigenvalue weighted by Gasteiger charge is -2.18. The molecule has 5 heteroatoms. The van der Waals surface area contributed by atoms with Crippen LogP contribution < -0.4 is 4.74 Å². The van der Waals surface area contributed by atoms with Crippen molar-refractivity contribution >= 4 is 23.8 Å². The number of hydrogen-bond donors (Lipinski definition) is 0. The maximum absolute atomic E-state index is 13.3. The molecule has 0 aliphatic rings. The lowest BCUT2D eigenvalue weighted by atomic mass is 9.94. The number of aldehydes is 1. The normalized spacial score (nSPS) is 11.1. The monoisotopic (exact) mass is 436 g/mol. The van der Waals surface area contributed by atoms with E-state index < -0.39 is 17.2 Å². The van der Waals surface area contributed by atoms with E-state index in [-0.39, 0.29) is 28.2 Å². The van der Waals surface area contributed by atoms with Crippen molar-refractivity contribution < 1.29 is 23.9 Å². The molecular formula is C27H32O5. The Hall–Kier alpha value is -3.08. The number of ketones is 2. The van der Waals surface area contributed by atoms with Gasteiger partial charge in [-0.05, 0) is 45.4 Å². The van der Waals surface area contributed by atoms with Gasteiger partial charge >= 0.3 is 5.97 Å². The van der Waals surface area contributed by atoms with Crippen LogP contribution in [0.1, 0.15) is 103 Å². The third kappa shape index (κ3) is 6.71. The van der Waals surface area contributed by atoms with E-state index in [1.807, 2.05) is 0 Å². The summed E-state index contributed by atoms with van der Waals surface area (Å²) in [7, 11) is 0. The Balaban J connectivity index is 2.38. The second-order valence-electron chi connectivity index (χ2n) is 8.97. The molecule has 0 heterocycles. The summed E-state index contributed by atoms with van der Waals surface area (Å²) in [5.41, 5.74) is 0.142. The number of hydrogen-bond acceptors (Lipinski definition) is 5. The van der Waals surface area contributed by atoms with Crippen molar-refractivity contribution in [2.75, 3.05) is 0 Å². The van der Waals surface area contributed by atoms with Gasteiger partial charge in [-0.1, -0.05) is 56.9 Å². The Labute approximate surface area is 190 Å². The average molecular weight is 437 g/mol. The van der Waals surface area contributed by atoms with E-state index in [0.29, 0.717) is 18.3 Å². The molecule has 0 unspecified atom stereocenters. The third-order valence-corrected chi connectivity index (χ3v) is 5.20. The van der Waals surface area contributed by atoms with Crippen LogP contribution in [0.5, 0.6) is 5.75 Å². The summed E-state index contributed by atoms with van der Waals surface area (Å²) in [4.78, 5) is 49.9. The molecule has 0 fully saturated rings. The zero-order valence-corrected chi connectivity index (χ0v) is 19.4. The van der Waals surface area contributed by atoms with Gasteiger partial charge in [0.2, 0.25) is 0 Å². The molecule has 0 aliphatic carbocycles. The van der Waals surface area contributed by atoms with E-state index in [2.05, 4.69) is 6.92 Å². The Kier molecular flexibility index (Phi) is 9.06. The Morgan fingerprint density at radius 3 is 2.25 bits per heavy atom. The predicted molar refractivity (Wildman–Crippen MR) is 125 cm³/mol. The second kappa shape index (κ2) is 11.5. The molecule has 0 atom stereocenters. The first-order valence-electron chi connectivity index (χ1n) is 11.2. The molecule has 0 saturated heterocycles. The van der Waals surface area contributed by atoms with Gasteiger partial charge in [-0.3, -0.25) is 19.2 Å². The SMILES string of the molecule is CCCCCCCC(=O)c1ccc(OC(=O)C(C)(C)C)c(C(=O)c2ccccc2C=O)c1. The number of benzene rings is 2. The molecule has 0 aromatic heterocycles. The van der Waals surface area contributed by atoms with Crippen molar-refractivity contribution in [2.45, 2.75) is 66.2 Å². The lowest BCUT2D eigenvalue weighted by molar-refractivity contribution is -0.143. The Morgan fingerprint density at radius 1 is 0.906 bits per heavy atom. The molecule has 0 N–H and O–H groups in total. The summed E-state index contributed by atoms with van der Waals surface area (Å²) in [5.74, 6) is -0.949. The summed E-state index contributed by atoms with van der Waals surface area (Å²) >= 11 is 0. The van der Waals surface area contributed by atoms with Crippen LogP contribution in [0, 0.1) is 5.41 Å². The molecule has 0 saturated carbocycles. The molecule has 0 bridgehead atoms. The molecule has 170 valence electrons. The van der Waals surface area contributed by atoms with Crippen LogP contribution in [-0.4, -0.2) is 23.8 Å². The van der Waals surface area contributed by atoms with Crippen LogP contribution in [0.25, 0.3) is 0 Å². The van der Waals surface area contributed by atoms with Crippen molar-refractivity contribution in [3.63, 3.8) is 0 Å². The molecule has 5 nitrogen and oxygen atoms in total. The van der Waals surface area contributed by atoms with Gasteiger partial charge in [-0.2, -0.15) is 0 Å². The molecular weight excluding hydrogens is 404 g/mol. The van der Waals surface area contributed by atoms with Crippen LogP contribution >= 0.6 is 0 Å². The first kappa shape index (κ1) is 25.2. The topological polar surface area (TPSA) is 77.5 Å². The summed E-state index contributed by atoms with van der Waals surface area (Å²) in [6, 6.07) is 11.0. The third-order valence-electron chi connectivity index (χ3n) is 5.20. The molecule has 0 aliphatic heterocycles. The van der Waals surface area contributed by atoms with Crippen LogP contribution in [0.15, 0.2) is 42.5 Å². The number of ether oxygens (including phenoxy) is 1. The maximum Gasteiger partial charge on any atom is 0.316 e. The van der Waals surface area contributed by atoms with Gasteiger partial charge in [0.25, 0.3) is 0 Å². The highest BCUT2D eigenvalue weighted by Gasteiger charge is 2.27. The first-order valence-corrected chi connectivity index (χ1v) is 11.2. The van der Waals surface area contributed by atoms with Gasteiger partial charge in [0.05, 0.1) is 11.0 Å². The van der Waals surface area contributed by atoms with Gasteiger partial charge in [0.1, 0.15) is 5.75 Å². The molecule has 0 radical (unpaired) electrons. The van der Waals surface area contributed by atoms with E-state index in [4.69, 9.17) is 4.74 Å². The fraction of sp³-hybridized carbons (Fsp3) is 0.407. The smallest absolute Gasteiger partial charge is 0.316 e. The van der Waals surface area contributed by atoms with E-state index in [1.54, 1.807) is 51.1 Å². The van der Waals surface area contributed by atoms with Crippen molar-refractivity contribution in [1.82, 2.24) is 0 Å². The van der Waals surface area contributed by atoms with Gasteiger partial charge in [0, 0.05) is 23.1 Å². The number of unbranched alkanes of at least 4 members (excludes halogenated alkanes) is 4. The highest BCUT2D eigenvalue weighted by molar-refractivity contribution is 6.15. The molecule has 2 rings (SSSR count). The van der Waals surface area contributed by atoms with Crippen molar-refractivity contribution in [1.29, 1.82) is 0 Å². The Bertz CT molecular complexity index is 982. The maximum atomic E-state index is 13.3. The van der Waals surface area contributed by atoms with Crippen molar-refractivity contribution in [3.8, 4) is 5.75 Å². The zero-order chi connectivity index (χ0) is 23.7. The van der Waals surface area contributed by atoms with E-state index in [0.717, 1.165) is 32.1 Å². The summed E-state index contributed by atoms with van der Waals surface area (Å²) in [6.45, 7) is 7.29. The van der Waals surface area contributed by atoms with Gasteiger partial charge in [-0.15, -0.1) is 0 Å². The van der Waals surface area contributed by atoms with Gasteiger partial charge < -0.3 is 4.74 Å². The zero-order valence-electron chi connectivity index (χ0n) is 19.4. The standard InChI is InChI=1S/C27H32O5/c1-5-6-7-8-9-14-23(29)19-15-16-24(32-26(31)27(2,3)4)22(17-19)25(30)21-13-11-10-12-20(21)18-28/h10-13,15-18H,5-9,14H2,1-4H3. The number of esters is 1. The van der Waals surface area contributed by atoms with E-state index >= 15 is 0 Å². The van der Waals surface area contributed by atoms with E-state index in [9.17, 15) is 19.2 Å². The van der Waals surface area contributed by atoms with Crippen LogP contribution in [0.2, 0.25) is 0 Å². The predicted octanol–water partition coefficient (Wildman–Crippen LogP) is 6.22. The second-order valence-corrected chi connectivity index (χ2v) is 8.97. The first-order chi connectivity index (χ1) is 15.2.